The molecule has 0 saturated carbocycles. The summed E-state index contributed by atoms with van der Waals surface area (Å²) in [6.45, 7) is 1.50. The van der Waals surface area contributed by atoms with Crippen molar-refractivity contribution in [3.63, 3.8) is 0 Å². The lowest BCUT2D eigenvalue weighted by Crippen LogP contribution is -2.44. The van der Waals surface area contributed by atoms with Gasteiger partial charge in [-0.05, 0) is 41.7 Å². The number of ketones is 1. The molecule has 1 amide bonds. The van der Waals surface area contributed by atoms with Crippen LogP contribution in [0.1, 0.15) is 24.5 Å². The summed E-state index contributed by atoms with van der Waals surface area (Å²) in [4.78, 5) is 24.7. The van der Waals surface area contributed by atoms with Crippen molar-refractivity contribution in [2.45, 2.75) is 25.8 Å². The SMILES string of the molecule is COC1=C[C@H]2C3=C([C@@H]2C1=O)[C@H](NC(C)=O)CCc1cc(OC)c(OC)c(OC)c13. The van der Waals surface area contributed by atoms with Crippen LogP contribution in [-0.2, 0) is 20.7 Å². The average Bonchev–Trinajstić information content (AvgIpc) is 2.89. The summed E-state index contributed by atoms with van der Waals surface area (Å²) in [6.07, 6.45) is 3.27. The zero-order valence-corrected chi connectivity index (χ0v) is 17.3. The van der Waals surface area contributed by atoms with E-state index in [1.54, 1.807) is 21.3 Å². The van der Waals surface area contributed by atoms with Crippen LogP contribution in [0.5, 0.6) is 17.2 Å². The number of ether oxygens (including phenoxy) is 4. The maximum absolute atomic E-state index is 12.9. The monoisotopic (exact) mass is 399 g/mol. The third-order valence-corrected chi connectivity index (χ3v) is 6.05. The molecule has 4 rings (SSSR count). The molecule has 0 heterocycles. The molecule has 3 atom stereocenters. The number of methoxy groups -OCH3 is 4. The minimum absolute atomic E-state index is 0.0329. The Morgan fingerprint density at radius 2 is 1.79 bits per heavy atom. The van der Waals surface area contributed by atoms with Gasteiger partial charge < -0.3 is 24.3 Å². The van der Waals surface area contributed by atoms with Gasteiger partial charge >= 0.3 is 0 Å². The summed E-state index contributed by atoms with van der Waals surface area (Å²) in [5.74, 6) is 1.50. The first-order chi connectivity index (χ1) is 14.0. The molecule has 0 fully saturated rings. The lowest BCUT2D eigenvalue weighted by molar-refractivity contribution is -0.122. The highest BCUT2D eigenvalue weighted by Gasteiger charge is 2.54. The molecule has 0 unspecified atom stereocenters. The standard InChI is InChI=1S/C22H25NO6/c1-10(24)23-13-7-6-11-8-15(27-3)21(28-4)22(29-5)16(11)17-12-9-14(26-2)20(25)18(12)19(13)17/h8-9,12-13,18H,6-7H2,1-5H3,(H,23,24)/t12-,13+,18+/m0/s1. The number of allylic oxidation sites excluding steroid dienone is 3. The van der Waals surface area contributed by atoms with Crippen molar-refractivity contribution in [1.82, 2.24) is 5.32 Å². The van der Waals surface area contributed by atoms with Gasteiger partial charge in [0.2, 0.25) is 17.4 Å². The van der Waals surface area contributed by atoms with Crippen LogP contribution >= 0.6 is 0 Å². The first-order valence-electron chi connectivity index (χ1n) is 9.60. The van der Waals surface area contributed by atoms with Gasteiger partial charge in [-0.25, -0.2) is 0 Å². The Morgan fingerprint density at radius 3 is 2.38 bits per heavy atom. The zero-order valence-electron chi connectivity index (χ0n) is 17.3. The second-order valence-corrected chi connectivity index (χ2v) is 7.44. The first-order valence-corrected chi connectivity index (χ1v) is 9.60. The van der Waals surface area contributed by atoms with E-state index in [2.05, 4.69) is 5.32 Å². The van der Waals surface area contributed by atoms with E-state index < -0.39 is 0 Å². The highest BCUT2D eigenvalue weighted by molar-refractivity contribution is 6.08. The number of nitrogens with one attached hydrogen (secondary N) is 1. The van der Waals surface area contributed by atoms with Crippen LogP contribution < -0.4 is 19.5 Å². The number of rotatable bonds is 5. The topological polar surface area (TPSA) is 83.1 Å². The van der Waals surface area contributed by atoms with E-state index in [0.29, 0.717) is 35.8 Å². The summed E-state index contributed by atoms with van der Waals surface area (Å²) in [7, 11) is 6.27. The minimum atomic E-state index is -0.305. The molecule has 0 aliphatic heterocycles. The van der Waals surface area contributed by atoms with Crippen molar-refractivity contribution >= 4 is 17.3 Å². The summed E-state index contributed by atoms with van der Waals surface area (Å²) in [5.41, 5.74) is 3.93. The Labute approximate surface area is 169 Å². The molecule has 0 saturated heterocycles. The fourth-order valence-corrected chi connectivity index (χ4v) is 4.94. The van der Waals surface area contributed by atoms with Crippen LogP contribution in [0.4, 0.5) is 0 Å². The van der Waals surface area contributed by atoms with Crippen molar-refractivity contribution in [2.75, 3.05) is 28.4 Å². The normalized spacial score (nSPS) is 24.4. The van der Waals surface area contributed by atoms with Gasteiger partial charge in [-0.3, -0.25) is 9.59 Å². The predicted octanol–water partition coefficient (Wildman–Crippen LogP) is 2.28. The van der Waals surface area contributed by atoms with Crippen molar-refractivity contribution < 1.29 is 28.5 Å². The average molecular weight is 399 g/mol. The third kappa shape index (κ3) is 2.71. The first kappa shape index (κ1) is 19.4. The molecule has 1 aromatic rings. The van der Waals surface area contributed by atoms with E-state index in [0.717, 1.165) is 22.3 Å². The molecule has 7 nitrogen and oxygen atoms in total. The van der Waals surface area contributed by atoms with Gasteiger partial charge in [0, 0.05) is 18.4 Å². The molecule has 3 aliphatic rings. The quantitative estimate of drug-likeness (QED) is 0.818. The molecule has 0 radical (unpaired) electrons. The fourth-order valence-electron chi connectivity index (χ4n) is 4.94. The maximum Gasteiger partial charge on any atom is 0.217 e. The molecular formula is C22H25NO6. The van der Waals surface area contributed by atoms with Gasteiger partial charge in [0.05, 0.1) is 40.4 Å². The van der Waals surface area contributed by atoms with E-state index >= 15 is 0 Å². The van der Waals surface area contributed by atoms with Gasteiger partial charge in [0.1, 0.15) is 0 Å². The van der Waals surface area contributed by atoms with Crippen molar-refractivity contribution in [3.05, 3.63) is 34.6 Å². The molecule has 1 aromatic carbocycles. The second kappa shape index (κ2) is 7.13. The van der Waals surface area contributed by atoms with Gasteiger partial charge in [0.15, 0.2) is 17.3 Å². The number of amides is 1. The highest BCUT2D eigenvalue weighted by Crippen LogP contribution is 2.59. The largest absolute Gasteiger partial charge is 0.493 e. The summed E-state index contributed by atoms with van der Waals surface area (Å²) >= 11 is 0. The van der Waals surface area contributed by atoms with Gasteiger partial charge in [-0.15, -0.1) is 0 Å². The number of hydrogen-bond donors (Lipinski definition) is 1. The van der Waals surface area contributed by atoms with E-state index in [1.807, 2.05) is 12.1 Å². The van der Waals surface area contributed by atoms with Gasteiger partial charge in [-0.1, -0.05) is 0 Å². The zero-order chi connectivity index (χ0) is 20.9. The van der Waals surface area contributed by atoms with E-state index in [-0.39, 0.29) is 29.6 Å². The molecule has 1 N–H and O–H groups in total. The Kier molecular flexibility index (Phi) is 4.76. The predicted molar refractivity (Wildman–Crippen MR) is 106 cm³/mol. The van der Waals surface area contributed by atoms with Crippen LogP contribution in [0.2, 0.25) is 0 Å². The number of aryl methyl sites for hydroxylation is 1. The Balaban J connectivity index is 1.96. The van der Waals surface area contributed by atoms with Gasteiger partial charge in [0.25, 0.3) is 0 Å². The molecule has 7 heteroatoms. The molecule has 0 aromatic heterocycles. The van der Waals surface area contributed by atoms with Gasteiger partial charge in [-0.2, -0.15) is 0 Å². The number of benzene rings is 1. The van der Waals surface area contributed by atoms with Crippen molar-refractivity contribution in [2.24, 2.45) is 11.8 Å². The fraction of sp³-hybridized carbons (Fsp3) is 0.455. The molecule has 3 aliphatic carbocycles. The number of Topliss-reactive ketones (excluding diaryl/α,β-unsaturated/α-hetero) is 1. The molecule has 0 spiro atoms. The van der Waals surface area contributed by atoms with E-state index in [4.69, 9.17) is 18.9 Å². The van der Waals surface area contributed by atoms with Crippen LogP contribution in [-0.4, -0.2) is 46.2 Å². The summed E-state index contributed by atoms with van der Waals surface area (Å²) in [6, 6.07) is 1.74. The number of fused-ring (bicyclic) bond motifs is 5. The van der Waals surface area contributed by atoms with E-state index in [1.165, 1.54) is 14.0 Å². The lowest BCUT2D eigenvalue weighted by atomic mass is 9.64. The van der Waals surface area contributed by atoms with Crippen LogP contribution in [0.3, 0.4) is 0 Å². The Hall–Kier alpha value is -2.96. The maximum atomic E-state index is 12.9. The summed E-state index contributed by atoms with van der Waals surface area (Å²) in [5, 5.41) is 3.03. The smallest absolute Gasteiger partial charge is 0.217 e. The van der Waals surface area contributed by atoms with Crippen LogP contribution in [0, 0.1) is 11.8 Å². The molecular weight excluding hydrogens is 374 g/mol. The molecule has 0 bridgehead atoms. The summed E-state index contributed by atoms with van der Waals surface area (Å²) < 4.78 is 22.2. The van der Waals surface area contributed by atoms with Crippen molar-refractivity contribution in [3.8, 4) is 17.2 Å². The third-order valence-electron chi connectivity index (χ3n) is 6.05. The van der Waals surface area contributed by atoms with Crippen LogP contribution in [0.25, 0.3) is 5.57 Å². The minimum Gasteiger partial charge on any atom is -0.493 e. The number of hydrogen-bond acceptors (Lipinski definition) is 6. The molecule has 29 heavy (non-hydrogen) atoms. The van der Waals surface area contributed by atoms with Crippen molar-refractivity contribution in [1.29, 1.82) is 0 Å². The lowest BCUT2D eigenvalue weighted by Gasteiger charge is -2.40. The number of carbonyl (C=O) groups is 2. The van der Waals surface area contributed by atoms with E-state index in [9.17, 15) is 9.59 Å². The molecule has 154 valence electrons. The Morgan fingerprint density at radius 1 is 1.07 bits per heavy atom. The van der Waals surface area contributed by atoms with Crippen LogP contribution in [0.15, 0.2) is 23.5 Å². The highest BCUT2D eigenvalue weighted by atomic mass is 16.5. The second-order valence-electron chi connectivity index (χ2n) is 7.44. The number of carbonyl (C=O) groups excluding carboxylic acids is 2. The Bertz CT molecular complexity index is 961.